The quantitative estimate of drug-likeness (QED) is 0.846. The van der Waals surface area contributed by atoms with E-state index in [1.165, 1.54) is 12.1 Å². The third kappa shape index (κ3) is 5.55. The largest absolute Gasteiger partial charge is 0.457 e. The summed E-state index contributed by atoms with van der Waals surface area (Å²) in [5, 5.41) is 6.10. The van der Waals surface area contributed by atoms with Gasteiger partial charge in [-0.2, -0.15) is 0 Å². The summed E-state index contributed by atoms with van der Waals surface area (Å²) in [6.07, 6.45) is 0.305. The molecular weight excluding hydrogens is 323 g/mol. The van der Waals surface area contributed by atoms with Gasteiger partial charge >= 0.3 is 0 Å². The Hall–Kier alpha value is -2.44. The van der Waals surface area contributed by atoms with Gasteiger partial charge in [0.2, 0.25) is 5.91 Å². The number of rotatable bonds is 6. The second-order valence-corrected chi connectivity index (χ2v) is 5.88. The number of amides is 1. The van der Waals surface area contributed by atoms with Crippen molar-refractivity contribution in [3.05, 3.63) is 59.9 Å². The number of carbonyl (C=O) groups excluding carboxylic acids is 1. The molecule has 0 radical (unpaired) electrons. The SMILES string of the molecule is O=C(C[C@H]1CNCCO1)NCc1ccc(Oc2ccc(F)cc2)cc1. The van der Waals surface area contributed by atoms with Gasteiger partial charge in [0.1, 0.15) is 17.3 Å². The number of ether oxygens (including phenoxy) is 2. The van der Waals surface area contributed by atoms with Crippen molar-refractivity contribution in [2.45, 2.75) is 19.1 Å². The van der Waals surface area contributed by atoms with Gasteiger partial charge < -0.3 is 20.1 Å². The molecule has 25 heavy (non-hydrogen) atoms. The van der Waals surface area contributed by atoms with Gasteiger partial charge in [0.15, 0.2) is 0 Å². The lowest BCUT2D eigenvalue weighted by Crippen LogP contribution is -2.41. The molecule has 1 saturated heterocycles. The molecule has 0 aliphatic carbocycles. The number of hydrogen-bond acceptors (Lipinski definition) is 4. The van der Waals surface area contributed by atoms with Crippen molar-refractivity contribution >= 4 is 5.91 Å². The van der Waals surface area contributed by atoms with E-state index in [2.05, 4.69) is 10.6 Å². The van der Waals surface area contributed by atoms with Gasteiger partial charge in [-0.25, -0.2) is 4.39 Å². The Morgan fingerprint density at radius 2 is 1.84 bits per heavy atom. The Morgan fingerprint density at radius 3 is 2.48 bits per heavy atom. The van der Waals surface area contributed by atoms with Crippen LogP contribution >= 0.6 is 0 Å². The minimum Gasteiger partial charge on any atom is -0.457 e. The molecule has 2 aromatic rings. The maximum Gasteiger partial charge on any atom is 0.222 e. The van der Waals surface area contributed by atoms with Crippen LogP contribution < -0.4 is 15.4 Å². The number of halogens is 1. The minimum absolute atomic E-state index is 0.0275. The molecule has 1 amide bonds. The lowest BCUT2D eigenvalue weighted by Gasteiger charge is -2.23. The number of carbonyl (C=O) groups is 1. The van der Waals surface area contributed by atoms with E-state index in [4.69, 9.17) is 9.47 Å². The van der Waals surface area contributed by atoms with Gasteiger partial charge in [0.25, 0.3) is 0 Å². The minimum atomic E-state index is -0.298. The third-order valence-corrected chi connectivity index (χ3v) is 3.88. The molecule has 2 aromatic carbocycles. The van der Waals surface area contributed by atoms with Crippen LogP contribution in [0.5, 0.6) is 11.5 Å². The summed E-state index contributed by atoms with van der Waals surface area (Å²) in [6.45, 7) is 2.65. The van der Waals surface area contributed by atoms with E-state index in [1.54, 1.807) is 12.1 Å². The number of morpholine rings is 1. The fourth-order valence-corrected chi connectivity index (χ4v) is 2.54. The van der Waals surface area contributed by atoms with Gasteiger partial charge in [-0.05, 0) is 42.0 Å². The molecule has 1 atom stereocenters. The van der Waals surface area contributed by atoms with Crippen molar-refractivity contribution in [1.82, 2.24) is 10.6 Å². The van der Waals surface area contributed by atoms with Gasteiger partial charge in [-0.1, -0.05) is 12.1 Å². The van der Waals surface area contributed by atoms with Crippen LogP contribution in [0.1, 0.15) is 12.0 Å². The van der Waals surface area contributed by atoms with Crippen molar-refractivity contribution in [1.29, 1.82) is 0 Å². The lowest BCUT2D eigenvalue weighted by atomic mass is 10.2. The van der Waals surface area contributed by atoms with E-state index in [1.807, 2.05) is 24.3 Å². The third-order valence-electron chi connectivity index (χ3n) is 3.88. The van der Waals surface area contributed by atoms with E-state index in [0.29, 0.717) is 37.6 Å². The number of benzene rings is 2. The molecule has 0 saturated carbocycles. The van der Waals surface area contributed by atoms with E-state index in [0.717, 1.165) is 12.1 Å². The van der Waals surface area contributed by atoms with E-state index < -0.39 is 0 Å². The molecule has 1 aliphatic rings. The van der Waals surface area contributed by atoms with Crippen molar-refractivity contribution in [2.75, 3.05) is 19.7 Å². The van der Waals surface area contributed by atoms with Crippen LogP contribution in [-0.2, 0) is 16.1 Å². The fourth-order valence-electron chi connectivity index (χ4n) is 2.54. The van der Waals surface area contributed by atoms with E-state index >= 15 is 0 Å². The summed E-state index contributed by atoms with van der Waals surface area (Å²) in [6, 6.07) is 13.3. The van der Waals surface area contributed by atoms with Gasteiger partial charge in [0.05, 0.1) is 19.1 Å². The molecular formula is C19H21FN2O3. The molecule has 0 spiro atoms. The monoisotopic (exact) mass is 344 g/mol. The maximum atomic E-state index is 12.9. The van der Waals surface area contributed by atoms with Crippen LogP contribution in [0.4, 0.5) is 4.39 Å². The summed E-state index contributed by atoms with van der Waals surface area (Å²) in [5.74, 6) is 0.903. The molecule has 1 heterocycles. The first kappa shape index (κ1) is 17.4. The molecule has 0 aromatic heterocycles. The maximum absolute atomic E-state index is 12.9. The Morgan fingerprint density at radius 1 is 1.16 bits per heavy atom. The molecule has 132 valence electrons. The topological polar surface area (TPSA) is 59.6 Å². The first-order chi connectivity index (χ1) is 12.2. The summed E-state index contributed by atoms with van der Waals surface area (Å²) >= 11 is 0. The predicted octanol–water partition coefficient (Wildman–Crippen LogP) is 2.61. The molecule has 1 fully saturated rings. The Kier molecular flexibility index (Phi) is 5.98. The average Bonchev–Trinajstić information content (AvgIpc) is 2.64. The van der Waals surface area contributed by atoms with Crippen LogP contribution in [0.15, 0.2) is 48.5 Å². The predicted molar refractivity (Wildman–Crippen MR) is 92.0 cm³/mol. The van der Waals surface area contributed by atoms with Crippen molar-refractivity contribution in [2.24, 2.45) is 0 Å². The molecule has 0 bridgehead atoms. The molecule has 0 unspecified atom stereocenters. The first-order valence-electron chi connectivity index (χ1n) is 8.30. The highest BCUT2D eigenvalue weighted by molar-refractivity contribution is 5.76. The van der Waals surface area contributed by atoms with Crippen LogP contribution in [-0.4, -0.2) is 31.7 Å². The molecule has 1 aliphatic heterocycles. The second-order valence-electron chi connectivity index (χ2n) is 5.88. The van der Waals surface area contributed by atoms with Crippen molar-refractivity contribution < 1.29 is 18.7 Å². The van der Waals surface area contributed by atoms with E-state index in [9.17, 15) is 9.18 Å². The Balaban J connectivity index is 1.45. The standard InChI is InChI=1S/C19H21FN2O3/c20-15-3-7-17(8-4-15)25-16-5-1-14(2-6-16)12-22-19(23)11-18-13-21-9-10-24-18/h1-8,18,21H,9-13H2,(H,22,23)/t18-/m0/s1. The smallest absolute Gasteiger partial charge is 0.222 e. The lowest BCUT2D eigenvalue weighted by molar-refractivity contribution is -0.124. The Labute approximate surface area is 146 Å². The normalized spacial score (nSPS) is 17.1. The van der Waals surface area contributed by atoms with Crippen LogP contribution in [0.25, 0.3) is 0 Å². The van der Waals surface area contributed by atoms with Gasteiger partial charge in [0, 0.05) is 19.6 Å². The second kappa shape index (κ2) is 8.60. The van der Waals surface area contributed by atoms with Crippen LogP contribution in [0.2, 0.25) is 0 Å². The summed E-state index contributed by atoms with van der Waals surface area (Å²) in [7, 11) is 0. The number of hydrogen-bond donors (Lipinski definition) is 2. The highest BCUT2D eigenvalue weighted by Gasteiger charge is 2.16. The van der Waals surface area contributed by atoms with Crippen LogP contribution in [0.3, 0.4) is 0 Å². The summed E-state index contributed by atoms with van der Waals surface area (Å²) in [5.41, 5.74) is 0.975. The van der Waals surface area contributed by atoms with Gasteiger partial charge in [-0.3, -0.25) is 4.79 Å². The zero-order valence-corrected chi connectivity index (χ0v) is 13.8. The van der Waals surface area contributed by atoms with E-state index in [-0.39, 0.29) is 17.8 Å². The van der Waals surface area contributed by atoms with Crippen molar-refractivity contribution in [3.8, 4) is 11.5 Å². The molecule has 2 N–H and O–H groups in total. The highest BCUT2D eigenvalue weighted by Crippen LogP contribution is 2.21. The molecule has 5 nitrogen and oxygen atoms in total. The number of nitrogens with one attached hydrogen (secondary N) is 2. The zero-order chi connectivity index (χ0) is 17.5. The van der Waals surface area contributed by atoms with Gasteiger partial charge in [-0.15, -0.1) is 0 Å². The average molecular weight is 344 g/mol. The zero-order valence-electron chi connectivity index (χ0n) is 13.8. The summed E-state index contributed by atoms with van der Waals surface area (Å²) < 4.78 is 24.0. The first-order valence-corrected chi connectivity index (χ1v) is 8.30. The highest BCUT2D eigenvalue weighted by atomic mass is 19.1. The summed E-state index contributed by atoms with van der Waals surface area (Å²) in [4.78, 5) is 11.9. The van der Waals surface area contributed by atoms with Crippen molar-refractivity contribution in [3.63, 3.8) is 0 Å². The molecule has 6 heteroatoms. The molecule has 3 rings (SSSR count). The fraction of sp³-hybridized carbons (Fsp3) is 0.316. The Bertz CT molecular complexity index is 683. The van der Waals surface area contributed by atoms with Crippen LogP contribution in [0, 0.1) is 5.82 Å².